The van der Waals surface area contributed by atoms with E-state index in [9.17, 15) is 17.8 Å². The fourth-order valence-corrected chi connectivity index (χ4v) is 0.724. The molecule has 2 N–H and O–H groups in total. The van der Waals surface area contributed by atoms with Crippen LogP contribution in [0.1, 0.15) is 13.3 Å². The minimum Gasteiger partial charge on any atom is -0.748 e. The van der Waals surface area contributed by atoms with E-state index in [0.717, 1.165) is 0 Å². The summed E-state index contributed by atoms with van der Waals surface area (Å²) in [6.07, 6.45) is 0.0336. The Hall–Kier alpha value is 0.0800. The van der Waals surface area contributed by atoms with Gasteiger partial charge in [-0.05, 0) is 13.3 Å². The van der Waals surface area contributed by atoms with Crippen LogP contribution in [0, 0.1) is 0 Å². The molecule has 84 valence electrons. The summed E-state index contributed by atoms with van der Waals surface area (Å²) in [5.41, 5.74) is 0.176. The first-order valence-corrected chi connectivity index (χ1v) is 5.21. The Morgan fingerprint density at radius 1 is 1.47 bits per heavy atom. The number of carboxylic acid groups (broad SMARTS) is 1. The SMILES string of the molecule is C=C(C)C(=O)O.O=S(=O)([O-])CCCO.[Na+]. The molecule has 0 spiro atoms. The van der Waals surface area contributed by atoms with E-state index in [4.69, 9.17) is 10.2 Å². The van der Waals surface area contributed by atoms with Crippen LogP contribution in [0.3, 0.4) is 0 Å². The van der Waals surface area contributed by atoms with Crippen LogP contribution in [0.5, 0.6) is 0 Å². The number of aliphatic hydroxyl groups excluding tert-OH is 1. The average Bonchev–Trinajstić information content (AvgIpc) is 2.00. The van der Waals surface area contributed by atoms with Gasteiger partial charge in [-0.1, -0.05) is 6.58 Å². The van der Waals surface area contributed by atoms with Gasteiger partial charge >= 0.3 is 35.5 Å². The van der Waals surface area contributed by atoms with Crippen LogP contribution in [-0.2, 0) is 14.9 Å². The van der Waals surface area contributed by atoms with E-state index in [1.807, 2.05) is 0 Å². The summed E-state index contributed by atoms with van der Waals surface area (Å²) in [6, 6.07) is 0. The Morgan fingerprint density at radius 3 is 1.87 bits per heavy atom. The van der Waals surface area contributed by atoms with Crippen LogP contribution in [0.15, 0.2) is 12.2 Å². The minimum atomic E-state index is -4.10. The molecule has 0 fully saturated rings. The monoisotopic (exact) mass is 248 g/mol. The van der Waals surface area contributed by atoms with Crippen molar-refractivity contribution < 1.29 is 57.5 Å². The molecule has 0 aromatic heterocycles. The smallest absolute Gasteiger partial charge is 0.748 e. The molecule has 0 radical (unpaired) electrons. The normalized spacial score (nSPS) is 9.27. The molecule has 0 unspecified atom stereocenters. The molecular formula is C7H13NaO6S. The third-order valence-corrected chi connectivity index (χ3v) is 1.71. The largest absolute Gasteiger partial charge is 1.00 e. The van der Waals surface area contributed by atoms with Crippen LogP contribution in [0.2, 0.25) is 0 Å². The number of carboxylic acids is 1. The fourth-order valence-electron chi connectivity index (χ4n) is 0.241. The van der Waals surface area contributed by atoms with Crippen LogP contribution in [0.25, 0.3) is 0 Å². The zero-order valence-corrected chi connectivity index (χ0v) is 11.6. The van der Waals surface area contributed by atoms with Crippen molar-refractivity contribution in [2.75, 3.05) is 12.4 Å². The van der Waals surface area contributed by atoms with Crippen molar-refractivity contribution in [1.82, 2.24) is 0 Å². The molecule has 0 aliphatic rings. The predicted octanol–water partition coefficient (Wildman–Crippen LogP) is -3.43. The summed E-state index contributed by atoms with van der Waals surface area (Å²) < 4.78 is 29.2. The van der Waals surface area contributed by atoms with Gasteiger partial charge in [0, 0.05) is 17.9 Å². The average molecular weight is 248 g/mol. The molecule has 0 aromatic rings. The second-order valence-corrected chi connectivity index (χ2v) is 3.95. The minimum absolute atomic E-state index is 0. The Balaban J connectivity index is -0.000000187. The molecule has 0 aliphatic heterocycles. The summed E-state index contributed by atoms with van der Waals surface area (Å²) in [5.74, 6) is -1.40. The van der Waals surface area contributed by atoms with Gasteiger partial charge in [-0.25, -0.2) is 13.2 Å². The van der Waals surface area contributed by atoms with E-state index in [-0.39, 0.29) is 48.2 Å². The zero-order chi connectivity index (χ0) is 11.8. The maximum Gasteiger partial charge on any atom is 1.00 e. The number of carbonyl (C=O) groups is 1. The number of aliphatic carboxylic acids is 1. The summed E-state index contributed by atoms with van der Waals surface area (Å²) in [4.78, 5) is 9.60. The quantitative estimate of drug-likeness (QED) is 0.304. The van der Waals surface area contributed by atoms with Crippen molar-refractivity contribution in [2.24, 2.45) is 0 Å². The third kappa shape index (κ3) is 24.9. The van der Waals surface area contributed by atoms with E-state index < -0.39 is 21.8 Å². The van der Waals surface area contributed by atoms with Crippen molar-refractivity contribution in [1.29, 1.82) is 0 Å². The second kappa shape index (κ2) is 10.6. The zero-order valence-electron chi connectivity index (χ0n) is 8.76. The van der Waals surface area contributed by atoms with Gasteiger partial charge in [-0.3, -0.25) is 0 Å². The van der Waals surface area contributed by atoms with Crippen molar-refractivity contribution in [3.05, 3.63) is 12.2 Å². The molecule has 0 amide bonds. The van der Waals surface area contributed by atoms with Crippen LogP contribution >= 0.6 is 0 Å². The summed E-state index contributed by atoms with van der Waals surface area (Å²) in [7, 11) is -4.10. The van der Waals surface area contributed by atoms with Gasteiger partial charge < -0.3 is 14.8 Å². The topological polar surface area (TPSA) is 115 Å². The third-order valence-electron chi connectivity index (χ3n) is 0.918. The molecule has 0 atom stereocenters. The predicted molar refractivity (Wildman–Crippen MR) is 48.7 cm³/mol. The Kier molecular flexibility index (Phi) is 14.5. The molecule has 8 heteroatoms. The number of hydrogen-bond acceptors (Lipinski definition) is 5. The van der Waals surface area contributed by atoms with Gasteiger partial charge in [-0.15, -0.1) is 0 Å². The van der Waals surface area contributed by atoms with Crippen molar-refractivity contribution in [3.63, 3.8) is 0 Å². The van der Waals surface area contributed by atoms with Crippen LogP contribution in [-0.4, -0.2) is 41.5 Å². The number of hydrogen-bond donors (Lipinski definition) is 2. The standard InChI is InChI=1S/C4H6O2.C3H8O4S.Na/c1-3(2)4(5)6;4-2-1-3-8(5,6)7;/h1H2,2H3,(H,5,6);4H,1-3H2,(H,5,6,7);/q;;+1/p-1. The van der Waals surface area contributed by atoms with Crippen molar-refractivity contribution >= 4 is 16.1 Å². The van der Waals surface area contributed by atoms with E-state index in [1.165, 1.54) is 6.92 Å². The molecule has 0 saturated carbocycles. The van der Waals surface area contributed by atoms with Crippen LogP contribution < -0.4 is 29.6 Å². The molecule has 0 aromatic carbocycles. The van der Waals surface area contributed by atoms with E-state index in [2.05, 4.69) is 6.58 Å². The Morgan fingerprint density at radius 2 is 1.80 bits per heavy atom. The second-order valence-electron chi connectivity index (χ2n) is 2.42. The molecule has 15 heavy (non-hydrogen) atoms. The van der Waals surface area contributed by atoms with Gasteiger partial charge in [0.05, 0.1) is 10.1 Å². The molecule has 0 bridgehead atoms. The molecule has 0 saturated heterocycles. The van der Waals surface area contributed by atoms with Crippen molar-refractivity contribution in [2.45, 2.75) is 13.3 Å². The van der Waals surface area contributed by atoms with Crippen molar-refractivity contribution in [3.8, 4) is 0 Å². The molecule has 0 heterocycles. The summed E-state index contributed by atoms with van der Waals surface area (Å²) in [5, 5.41) is 15.9. The maximum atomic E-state index is 9.72. The first-order valence-electron chi connectivity index (χ1n) is 3.64. The van der Waals surface area contributed by atoms with Gasteiger partial charge in [0.25, 0.3) is 0 Å². The summed E-state index contributed by atoms with van der Waals surface area (Å²) in [6.45, 7) is 4.35. The number of rotatable bonds is 4. The van der Waals surface area contributed by atoms with E-state index in [0.29, 0.717) is 0 Å². The maximum absolute atomic E-state index is 9.72. The van der Waals surface area contributed by atoms with E-state index in [1.54, 1.807) is 0 Å². The van der Waals surface area contributed by atoms with Crippen LogP contribution in [0.4, 0.5) is 0 Å². The molecular weight excluding hydrogens is 235 g/mol. The first-order chi connectivity index (χ1) is 6.20. The molecule has 6 nitrogen and oxygen atoms in total. The van der Waals surface area contributed by atoms with Gasteiger partial charge in [0.1, 0.15) is 0 Å². The van der Waals surface area contributed by atoms with E-state index >= 15 is 0 Å². The number of aliphatic hydroxyl groups is 1. The Bertz CT molecular complexity index is 272. The van der Waals surface area contributed by atoms with Gasteiger partial charge in [0.2, 0.25) is 0 Å². The van der Waals surface area contributed by atoms with Gasteiger partial charge in [-0.2, -0.15) is 0 Å². The molecule has 0 rings (SSSR count). The Labute approximate surface area is 111 Å². The first kappa shape index (κ1) is 20.5. The fraction of sp³-hybridized carbons (Fsp3) is 0.571. The molecule has 0 aliphatic carbocycles. The van der Waals surface area contributed by atoms with Gasteiger partial charge in [0.15, 0.2) is 0 Å². The summed E-state index contributed by atoms with van der Waals surface area (Å²) >= 11 is 0.